The third-order valence-corrected chi connectivity index (χ3v) is 4.34. The Balaban J connectivity index is 2.09. The normalized spacial score (nSPS) is 24.7. The Hall–Kier alpha value is -0.840. The van der Waals surface area contributed by atoms with E-state index in [1.807, 2.05) is 0 Å². The zero-order valence-corrected chi connectivity index (χ0v) is 12.5. The van der Waals surface area contributed by atoms with E-state index in [-0.39, 0.29) is 28.6 Å². The second kappa shape index (κ2) is 5.27. The molecule has 19 heavy (non-hydrogen) atoms. The van der Waals surface area contributed by atoms with Gasteiger partial charge in [-0.3, -0.25) is 4.79 Å². The van der Waals surface area contributed by atoms with E-state index in [1.54, 1.807) is 7.11 Å². The molecule has 1 saturated carbocycles. The Labute approximate surface area is 122 Å². The fraction of sp³-hybridized carbons (Fsp3) is 0.538. The topological polar surface area (TPSA) is 51.2 Å². The Morgan fingerprint density at radius 2 is 2.21 bits per heavy atom. The number of nitrogens with one attached hydrogen (secondary N) is 1. The first-order chi connectivity index (χ1) is 8.86. The van der Waals surface area contributed by atoms with Crippen LogP contribution in [0.1, 0.15) is 30.6 Å². The molecule has 1 amide bonds. The molecule has 104 valence electrons. The third-order valence-electron chi connectivity index (χ3n) is 3.83. The van der Waals surface area contributed by atoms with Crippen molar-refractivity contribution in [3.63, 3.8) is 0 Å². The highest BCUT2D eigenvalue weighted by Crippen LogP contribution is 2.42. The molecule has 0 spiro atoms. The number of halogens is 2. The minimum atomic E-state index is -0.234. The average molecular weight is 303 g/mol. The third kappa shape index (κ3) is 2.71. The number of hydrogen-bond donors (Lipinski definition) is 1. The summed E-state index contributed by atoms with van der Waals surface area (Å²) < 4.78 is 5.35. The van der Waals surface area contributed by atoms with Gasteiger partial charge < -0.3 is 10.1 Å². The molecular weight excluding hydrogens is 287 g/mol. The predicted octanol–water partition coefficient (Wildman–Crippen LogP) is 2.93. The molecule has 1 aliphatic rings. The van der Waals surface area contributed by atoms with Gasteiger partial charge in [0.2, 0.25) is 0 Å². The second-order valence-electron chi connectivity index (χ2n) is 5.29. The lowest BCUT2D eigenvalue weighted by molar-refractivity contribution is -0.0942. The first kappa shape index (κ1) is 14.6. The van der Waals surface area contributed by atoms with Crippen LogP contribution in [0.3, 0.4) is 0 Å². The van der Waals surface area contributed by atoms with Gasteiger partial charge in [-0.1, -0.05) is 37.0 Å². The molecule has 1 N–H and O–H groups in total. The number of carbonyl (C=O) groups excluding carboxylic acids is 1. The van der Waals surface area contributed by atoms with Gasteiger partial charge in [0.1, 0.15) is 5.15 Å². The smallest absolute Gasteiger partial charge is 0.253 e. The van der Waals surface area contributed by atoms with Gasteiger partial charge in [0, 0.05) is 24.8 Å². The van der Waals surface area contributed by atoms with Crippen LogP contribution in [-0.2, 0) is 4.74 Å². The highest BCUT2D eigenvalue weighted by molar-refractivity contribution is 6.35. The number of nitrogens with zero attached hydrogens (tertiary/aromatic N) is 1. The van der Waals surface area contributed by atoms with Gasteiger partial charge in [-0.05, 0) is 12.5 Å². The van der Waals surface area contributed by atoms with Crippen LogP contribution in [-0.4, -0.2) is 30.1 Å². The maximum Gasteiger partial charge on any atom is 0.253 e. The van der Waals surface area contributed by atoms with E-state index < -0.39 is 0 Å². The minimum Gasteiger partial charge on any atom is -0.381 e. The molecule has 1 aromatic rings. The van der Waals surface area contributed by atoms with E-state index in [1.165, 1.54) is 12.3 Å². The molecule has 6 heteroatoms. The molecule has 0 bridgehead atoms. The molecule has 2 unspecified atom stereocenters. The molecule has 0 saturated heterocycles. The van der Waals surface area contributed by atoms with E-state index in [0.29, 0.717) is 10.6 Å². The van der Waals surface area contributed by atoms with Crippen LogP contribution in [0, 0.1) is 5.41 Å². The maximum atomic E-state index is 12.2. The highest BCUT2D eigenvalue weighted by atomic mass is 35.5. The number of carbonyl (C=O) groups is 1. The Bertz CT molecular complexity index is 505. The molecule has 2 atom stereocenters. The number of hydrogen-bond acceptors (Lipinski definition) is 3. The Morgan fingerprint density at radius 3 is 2.79 bits per heavy atom. The van der Waals surface area contributed by atoms with Crippen molar-refractivity contribution in [1.29, 1.82) is 0 Å². The Kier molecular flexibility index (Phi) is 4.04. The van der Waals surface area contributed by atoms with Gasteiger partial charge in [0.15, 0.2) is 0 Å². The van der Waals surface area contributed by atoms with Crippen molar-refractivity contribution in [2.24, 2.45) is 5.41 Å². The van der Waals surface area contributed by atoms with Crippen molar-refractivity contribution in [2.45, 2.75) is 32.4 Å². The summed E-state index contributed by atoms with van der Waals surface area (Å²) in [5, 5.41) is 3.51. The summed E-state index contributed by atoms with van der Waals surface area (Å²) in [4.78, 5) is 16.0. The highest BCUT2D eigenvalue weighted by Gasteiger charge is 2.49. The summed E-state index contributed by atoms with van der Waals surface area (Å²) >= 11 is 11.7. The largest absolute Gasteiger partial charge is 0.381 e. The predicted molar refractivity (Wildman–Crippen MR) is 74.7 cm³/mol. The fourth-order valence-corrected chi connectivity index (χ4v) is 2.70. The van der Waals surface area contributed by atoms with Crippen LogP contribution in [0.15, 0.2) is 12.3 Å². The van der Waals surface area contributed by atoms with Crippen molar-refractivity contribution < 1.29 is 9.53 Å². The van der Waals surface area contributed by atoms with Crippen molar-refractivity contribution in [3.05, 3.63) is 28.0 Å². The molecule has 0 aromatic carbocycles. The van der Waals surface area contributed by atoms with Crippen LogP contribution in [0.4, 0.5) is 0 Å². The Morgan fingerprint density at radius 1 is 1.53 bits per heavy atom. The quantitative estimate of drug-likeness (QED) is 0.874. The summed E-state index contributed by atoms with van der Waals surface area (Å²) in [6.45, 7) is 4.13. The number of ether oxygens (including phenoxy) is 1. The lowest BCUT2D eigenvalue weighted by Crippen LogP contribution is -2.61. The van der Waals surface area contributed by atoms with E-state index >= 15 is 0 Å². The molecule has 2 rings (SSSR count). The van der Waals surface area contributed by atoms with Crippen LogP contribution in [0.2, 0.25) is 10.2 Å². The van der Waals surface area contributed by atoms with E-state index in [0.717, 1.165) is 6.42 Å². The standard InChI is InChI=1S/C13H16Cl2N2O2/c1-13(2)9(5-10(13)19-3)17-12(18)7-4-11(15)16-6-8(7)14/h4,6,9-10H,5H2,1-3H3,(H,17,18). The number of amides is 1. The molecule has 1 aromatic heterocycles. The number of rotatable bonds is 3. The average Bonchev–Trinajstić information content (AvgIpc) is 2.36. The van der Waals surface area contributed by atoms with E-state index in [9.17, 15) is 4.79 Å². The molecule has 0 aliphatic heterocycles. The van der Waals surface area contributed by atoms with Crippen molar-refractivity contribution in [1.82, 2.24) is 10.3 Å². The summed E-state index contributed by atoms with van der Waals surface area (Å²) in [6, 6.07) is 1.53. The molecule has 4 nitrogen and oxygen atoms in total. The maximum absolute atomic E-state index is 12.2. The minimum absolute atomic E-state index is 0.0629. The summed E-state index contributed by atoms with van der Waals surface area (Å²) in [5.74, 6) is -0.234. The monoisotopic (exact) mass is 302 g/mol. The molecule has 0 radical (unpaired) electrons. The van der Waals surface area contributed by atoms with Crippen LogP contribution < -0.4 is 5.32 Å². The molecule has 1 heterocycles. The van der Waals surface area contributed by atoms with Crippen LogP contribution in [0.25, 0.3) is 0 Å². The van der Waals surface area contributed by atoms with Crippen LogP contribution in [0.5, 0.6) is 0 Å². The summed E-state index contributed by atoms with van der Waals surface area (Å²) in [6.07, 6.45) is 2.34. The van der Waals surface area contributed by atoms with Gasteiger partial charge in [0.05, 0.1) is 16.7 Å². The zero-order valence-electron chi connectivity index (χ0n) is 11.0. The van der Waals surface area contributed by atoms with Gasteiger partial charge >= 0.3 is 0 Å². The molecule has 1 fully saturated rings. The van der Waals surface area contributed by atoms with Gasteiger partial charge in [0.25, 0.3) is 5.91 Å². The second-order valence-corrected chi connectivity index (χ2v) is 6.09. The SMILES string of the molecule is COC1CC(NC(=O)c2cc(Cl)ncc2Cl)C1(C)C. The van der Waals surface area contributed by atoms with E-state index in [4.69, 9.17) is 27.9 Å². The summed E-state index contributed by atoms with van der Waals surface area (Å²) in [5.41, 5.74) is 0.256. The van der Waals surface area contributed by atoms with E-state index in [2.05, 4.69) is 24.1 Å². The summed E-state index contributed by atoms with van der Waals surface area (Å²) in [7, 11) is 1.68. The van der Waals surface area contributed by atoms with Crippen molar-refractivity contribution in [2.75, 3.05) is 7.11 Å². The molecule has 1 aliphatic carbocycles. The lowest BCUT2D eigenvalue weighted by Gasteiger charge is -2.51. The fourth-order valence-electron chi connectivity index (χ4n) is 2.35. The zero-order chi connectivity index (χ0) is 14.2. The van der Waals surface area contributed by atoms with Crippen molar-refractivity contribution in [3.8, 4) is 0 Å². The number of aromatic nitrogens is 1. The first-order valence-corrected chi connectivity index (χ1v) is 6.76. The van der Waals surface area contributed by atoms with Crippen molar-refractivity contribution >= 4 is 29.1 Å². The molecular formula is C13H16Cl2N2O2. The van der Waals surface area contributed by atoms with Gasteiger partial charge in [-0.2, -0.15) is 0 Å². The van der Waals surface area contributed by atoms with Gasteiger partial charge in [-0.15, -0.1) is 0 Å². The number of pyridine rings is 1. The lowest BCUT2D eigenvalue weighted by atomic mass is 9.64. The first-order valence-electron chi connectivity index (χ1n) is 6.01. The number of methoxy groups -OCH3 is 1. The van der Waals surface area contributed by atoms with Gasteiger partial charge in [-0.25, -0.2) is 4.98 Å². The van der Waals surface area contributed by atoms with Crippen LogP contribution >= 0.6 is 23.2 Å².